The van der Waals surface area contributed by atoms with Crippen LogP contribution in [0.25, 0.3) is 44.5 Å². The van der Waals surface area contributed by atoms with Crippen molar-refractivity contribution >= 4 is 68.5 Å². The highest BCUT2D eigenvalue weighted by atomic mass is 16.5. The van der Waals surface area contributed by atoms with Crippen molar-refractivity contribution in [3.8, 4) is 23.0 Å². The van der Waals surface area contributed by atoms with Crippen molar-refractivity contribution in [1.29, 1.82) is 0 Å². The van der Waals surface area contributed by atoms with Crippen LogP contribution in [-0.2, 0) is 40.4 Å². The quantitative estimate of drug-likeness (QED) is 0.0805. The van der Waals surface area contributed by atoms with Crippen LogP contribution in [0.15, 0.2) is 65.2 Å². The van der Waals surface area contributed by atoms with E-state index in [2.05, 4.69) is 26.0 Å². The minimum absolute atomic E-state index is 0.0614. The van der Waals surface area contributed by atoms with Crippen molar-refractivity contribution in [1.82, 2.24) is 48.7 Å². The number of anilines is 1. The number of methoxy groups -OCH3 is 1. The summed E-state index contributed by atoms with van der Waals surface area (Å²) >= 11 is 0. The lowest BCUT2D eigenvalue weighted by atomic mass is 9.96. The number of rotatable bonds is 18. The molecule has 2 aromatic carbocycles. The van der Waals surface area contributed by atoms with Gasteiger partial charge in [0, 0.05) is 87.3 Å². The summed E-state index contributed by atoms with van der Waals surface area (Å²) in [5.41, 5.74) is 11.4. The molecule has 0 saturated carbocycles. The van der Waals surface area contributed by atoms with Gasteiger partial charge in [0.2, 0.25) is 23.5 Å². The van der Waals surface area contributed by atoms with Gasteiger partial charge in [0.25, 0.3) is 17.7 Å². The first-order valence-electron chi connectivity index (χ1n) is 22.8. The van der Waals surface area contributed by atoms with E-state index in [4.69, 9.17) is 34.6 Å². The number of hydrogen-bond acceptors (Lipinski definition) is 13. The lowest BCUT2D eigenvalue weighted by molar-refractivity contribution is -0.140. The first-order chi connectivity index (χ1) is 33.2. The number of primary amides is 1. The molecule has 0 bridgehead atoms. The van der Waals surface area contributed by atoms with Gasteiger partial charge in [0.05, 0.1) is 36.1 Å². The van der Waals surface area contributed by atoms with Gasteiger partial charge < -0.3 is 33.7 Å². The van der Waals surface area contributed by atoms with Crippen LogP contribution in [0.4, 0.5) is 5.95 Å². The molecule has 0 atom stereocenters. The van der Waals surface area contributed by atoms with Crippen molar-refractivity contribution in [2.75, 3.05) is 38.7 Å². The number of imidazole rings is 1. The molecule has 69 heavy (non-hydrogen) atoms. The number of amides is 5. The van der Waals surface area contributed by atoms with E-state index in [-0.39, 0.29) is 48.6 Å². The van der Waals surface area contributed by atoms with Crippen LogP contribution >= 0.6 is 0 Å². The van der Waals surface area contributed by atoms with E-state index >= 15 is 0 Å². The molecule has 0 aliphatic carbocycles. The number of nitrogens with zero attached hydrogens (tertiary/aromatic N) is 10. The van der Waals surface area contributed by atoms with Crippen LogP contribution in [-0.4, -0.2) is 112 Å². The molecule has 356 valence electrons. The molecule has 5 aromatic heterocycles. The number of fused-ring (bicyclic) bond motifs is 4. The summed E-state index contributed by atoms with van der Waals surface area (Å²) in [4.78, 5) is 84.7. The number of ether oxygens (including phenoxy) is 2. The molecular weight excluding hydrogens is 885 g/mol. The third-order valence-corrected chi connectivity index (χ3v) is 12.4. The van der Waals surface area contributed by atoms with E-state index in [9.17, 15) is 24.0 Å². The van der Waals surface area contributed by atoms with E-state index < -0.39 is 23.6 Å². The first kappa shape index (κ1) is 46.0. The molecule has 0 spiro atoms. The normalized spacial score (nSPS) is 14.1. The van der Waals surface area contributed by atoms with Crippen molar-refractivity contribution in [3.05, 3.63) is 95.0 Å². The van der Waals surface area contributed by atoms with Gasteiger partial charge in [0.15, 0.2) is 11.7 Å². The zero-order valence-corrected chi connectivity index (χ0v) is 39.2. The Morgan fingerprint density at radius 1 is 0.913 bits per heavy atom. The van der Waals surface area contributed by atoms with Crippen molar-refractivity contribution < 1.29 is 37.9 Å². The highest BCUT2D eigenvalue weighted by Crippen LogP contribution is 2.37. The molecule has 5 amide bonds. The summed E-state index contributed by atoms with van der Waals surface area (Å²) < 4.78 is 23.8. The molecule has 9 rings (SSSR count). The number of hydrogen-bond donors (Lipinski definition) is 2. The lowest BCUT2D eigenvalue weighted by Gasteiger charge is -2.39. The fourth-order valence-corrected chi connectivity index (χ4v) is 9.00. The summed E-state index contributed by atoms with van der Waals surface area (Å²) in [6, 6.07) is 9.18. The summed E-state index contributed by atoms with van der Waals surface area (Å²) in [7, 11) is 1.48. The van der Waals surface area contributed by atoms with Crippen LogP contribution in [0.5, 0.6) is 11.5 Å². The van der Waals surface area contributed by atoms with E-state index in [1.807, 2.05) is 62.9 Å². The number of carbonyl (C=O) groups excluding carboxylic acids is 5. The van der Waals surface area contributed by atoms with Crippen molar-refractivity contribution in [2.45, 2.75) is 73.5 Å². The van der Waals surface area contributed by atoms with Crippen molar-refractivity contribution in [2.24, 2.45) is 11.7 Å². The average molecular weight is 937 g/mol. The van der Waals surface area contributed by atoms with E-state index in [0.717, 1.165) is 38.1 Å². The molecular formula is C49H52N12O8. The first-order valence-corrected chi connectivity index (χ1v) is 22.8. The van der Waals surface area contributed by atoms with Crippen LogP contribution in [0.1, 0.15) is 70.4 Å². The van der Waals surface area contributed by atoms with Crippen LogP contribution in [0, 0.1) is 26.7 Å². The van der Waals surface area contributed by atoms with Gasteiger partial charge in [-0.25, -0.2) is 19.9 Å². The third kappa shape index (κ3) is 8.92. The molecule has 3 N–H and O–H groups in total. The van der Waals surface area contributed by atoms with Crippen LogP contribution in [0.2, 0.25) is 0 Å². The van der Waals surface area contributed by atoms with Crippen molar-refractivity contribution in [3.63, 3.8) is 0 Å². The molecule has 1 fully saturated rings. The Balaban J connectivity index is 1.01. The molecule has 20 nitrogen and oxygen atoms in total. The number of oxazole rings is 1. The second kappa shape index (κ2) is 18.8. The number of aromatic nitrogens is 8. The second-order valence-electron chi connectivity index (χ2n) is 17.1. The zero-order valence-electron chi connectivity index (χ0n) is 39.2. The Bertz CT molecular complexity index is 3260. The highest BCUT2D eigenvalue weighted by molar-refractivity contribution is 6.13. The minimum atomic E-state index is -0.657. The minimum Gasteiger partial charge on any atom is -0.494 e. The lowest BCUT2D eigenvalue weighted by Crippen LogP contribution is -2.51. The number of nitrogens with two attached hydrogens (primary N) is 1. The molecule has 7 aromatic rings. The summed E-state index contributed by atoms with van der Waals surface area (Å²) in [6.07, 6.45) is 9.49. The number of allylic oxidation sites excluding steroid dienone is 2. The standard InChI is InChI=1S/C49H52N12O8/c1-7-34-44(69-29(5)52-34)48(66)55-49-53-35-22-31(45(50)65)23-37(67-6)43(35)60(49)16-10-9-15-59-42-32(33-24-51-46(54-47(33)59)36-21-28(4)56-61(36)8-2)19-27(3)20-38(42)68-18-14-30-25-57(26-30)39(62)13-17-58-40(63)11-12-41(58)64/h9-12,19-24,30H,7-8,13-18,25-26H2,1-6H3,(H2,50,65)(H,53,55,66)/b10-9+. The maximum absolute atomic E-state index is 13.7. The SMILES string of the molecule is CCc1nc(C)oc1C(=O)Nc1nc2cc(C(N)=O)cc(OC)c2n1C/C=C/Cn1c2nc(-c3cc(C)nn3CC)ncc2c2cc(C)cc(OCCC3CN(C(=O)CCN4C(=O)C=CC4=O)C3)c21. The average Bonchev–Trinajstić information content (AvgIpc) is 4.13. The van der Waals surface area contributed by atoms with E-state index in [1.54, 1.807) is 28.5 Å². The number of imide groups is 1. The van der Waals surface area contributed by atoms with Gasteiger partial charge in [-0.1, -0.05) is 19.1 Å². The van der Waals surface area contributed by atoms with Gasteiger partial charge >= 0.3 is 0 Å². The molecule has 0 radical (unpaired) electrons. The monoisotopic (exact) mass is 936 g/mol. The highest BCUT2D eigenvalue weighted by Gasteiger charge is 2.32. The smallest absolute Gasteiger partial charge is 0.295 e. The molecule has 0 unspecified atom stereocenters. The van der Waals surface area contributed by atoms with E-state index in [0.29, 0.717) is 91.2 Å². The third-order valence-electron chi connectivity index (χ3n) is 12.4. The number of nitrogens with one attached hydrogen (secondary N) is 1. The Labute approximate surface area is 395 Å². The molecule has 2 aliphatic heterocycles. The van der Waals surface area contributed by atoms with Gasteiger partial charge in [0.1, 0.15) is 28.4 Å². The summed E-state index contributed by atoms with van der Waals surface area (Å²) in [5, 5.41) is 9.29. The maximum atomic E-state index is 13.7. The Hall–Kier alpha value is -8.16. The van der Waals surface area contributed by atoms with Gasteiger partial charge in [-0.3, -0.25) is 38.9 Å². The fraction of sp³-hybridized carbons (Fsp3) is 0.347. The predicted octanol–water partition coefficient (Wildman–Crippen LogP) is 5.45. The maximum Gasteiger partial charge on any atom is 0.295 e. The molecule has 7 heterocycles. The summed E-state index contributed by atoms with van der Waals surface area (Å²) in [6.45, 7) is 12.3. The van der Waals surface area contributed by atoms with Gasteiger partial charge in [-0.05, 0) is 75.4 Å². The number of aryl methyl sites for hydroxylation is 5. The topological polar surface area (TPSA) is 241 Å². The summed E-state index contributed by atoms with van der Waals surface area (Å²) in [5.74, 6) is 0.308. The number of likely N-dealkylation sites (tertiary alicyclic amines) is 1. The van der Waals surface area contributed by atoms with E-state index in [1.165, 1.54) is 19.3 Å². The molecule has 1 saturated heterocycles. The Kier molecular flexibility index (Phi) is 12.6. The predicted molar refractivity (Wildman–Crippen MR) is 255 cm³/mol. The number of carbonyl (C=O) groups is 5. The molecule has 20 heteroatoms. The largest absolute Gasteiger partial charge is 0.494 e. The van der Waals surface area contributed by atoms with Crippen LogP contribution < -0.4 is 20.5 Å². The van der Waals surface area contributed by atoms with Gasteiger partial charge in [-0.15, -0.1) is 0 Å². The second-order valence-corrected chi connectivity index (χ2v) is 17.1. The van der Waals surface area contributed by atoms with Crippen LogP contribution in [0.3, 0.4) is 0 Å². The Morgan fingerprint density at radius 3 is 2.38 bits per heavy atom. The fourth-order valence-electron chi connectivity index (χ4n) is 9.00. The molecule has 2 aliphatic rings. The number of benzene rings is 2. The Morgan fingerprint density at radius 2 is 1.67 bits per heavy atom. The van der Waals surface area contributed by atoms with Gasteiger partial charge in [-0.2, -0.15) is 5.10 Å². The zero-order chi connectivity index (χ0) is 48.7.